The molecule has 126 valence electrons. The fourth-order valence-corrected chi connectivity index (χ4v) is 2.92. The molecule has 1 amide bonds. The fourth-order valence-electron chi connectivity index (χ4n) is 2.21. The minimum absolute atomic E-state index is 0.104. The van der Waals surface area contributed by atoms with Gasteiger partial charge in [-0.1, -0.05) is 83.3 Å². The predicted octanol–water partition coefficient (Wildman–Crippen LogP) is 3.14. The van der Waals surface area contributed by atoms with Crippen molar-refractivity contribution < 1.29 is 14.3 Å². The molecular formula is C19H20INO3. The normalized spacial score (nSPS) is 11.5. The van der Waals surface area contributed by atoms with Crippen molar-refractivity contribution in [2.24, 2.45) is 5.92 Å². The van der Waals surface area contributed by atoms with Crippen LogP contribution >= 0.6 is 22.6 Å². The van der Waals surface area contributed by atoms with E-state index in [1.165, 1.54) is 0 Å². The fraction of sp³-hybridized carbons (Fsp3) is 0.263. The molecule has 0 radical (unpaired) electrons. The summed E-state index contributed by atoms with van der Waals surface area (Å²) >= 11 is 2.20. The first kappa shape index (κ1) is 18.4. The second-order valence-electron chi connectivity index (χ2n) is 5.41. The lowest BCUT2D eigenvalue weighted by molar-refractivity contribution is -0.145. The largest absolute Gasteiger partial charge is 0.460 e. The van der Waals surface area contributed by atoms with Crippen LogP contribution in [0.4, 0.5) is 0 Å². The third kappa shape index (κ3) is 6.31. The number of ether oxygens (including phenoxy) is 1. The van der Waals surface area contributed by atoms with Crippen LogP contribution in [0.1, 0.15) is 11.1 Å². The van der Waals surface area contributed by atoms with E-state index in [4.69, 9.17) is 4.74 Å². The third-order valence-corrected chi connectivity index (χ3v) is 4.59. The summed E-state index contributed by atoms with van der Waals surface area (Å²) in [6, 6.07) is 19.3. The maximum atomic E-state index is 12.2. The highest BCUT2D eigenvalue weighted by Crippen LogP contribution is 2.11. The van der Waals surface area contributed by atoms with Gasteiger partial charge in [0.1, 0.15) is 13.2 Å². The first-order valence-electron chi connectivity index (χ1n) is 7.76. The quantitative estimate of drug-likeness (QED) is 0.392. The highest BCUT2D eigenvalue weighted by atomic mass is 127. The van der Waals surface area contributed by atoms with Gasteiger partial charge in [0.15, 0.2) is 0 Å². The number of benzene rings is 2. The molecule has 0 aliphatic rings. The molecule has 1 atom stereocenters. The summed E-state index contributed by atoms with van der Waals surface area (Å²) in [5, 5.41) is 2.67. The van der Waals surface area contributed by atoms with Crippen molar-refractivity contribution in [3.63, 3.8) is 0 Å². The summed E-state index contributed by atoms with van der Waals surface area (Å²) in [7, 11) is 0. The van der Waals surface area contributed by atoms with Gasteiger partial charge in [-0.05, 0) is 17.5 Å². The van der Waals surface area contributed by atoms with Crippen molar-refractivity contribution in [1.82, 2.24) is 5.32 Å². The van der Waals surface area contributed by atoms with Crippen LogP contribution in [0.2, 0.25) is 0 Å². The van der Waals surface area contributed by atoms with Crippen molar-refractivity contribution in [2.45, 2.75) is 13.0 Å². The molecule has 0 saturated heterocycles. The van der Waals surface area contributed by atoms with E-state index in [0.717, 1.165) is 11.1 Å². The topological polar surface area (TPSA) is 55.4 Å². The van der Waals surface area contributed by atoms with Crippen LogP contribution < -0.4 is 5.32 Å². The number of esters is 1. The molecule has 0 aliphatic heterocycles. The number of nitrogens with one attached hydrogen (secondary N) is 1. The van der Waals surface area contributed by atoms with E-state index in [-0.39, 0.29) is 25.0 Å². The van der Waals surface area contributed by atoms with E-state index in [0.29, 0.717) is 10.8 Å². The van der Waals surface area contributed by atoms with Gasteiger partial charge in [0.2, 0.25) is 5.91 Å². The average molecular weight is 437 g/mol. The first-order valence-corrected chi connectivity index (χ1v) is 9.28. The second kappa shape index (κ2) is 10.1. The molecule has 0 fully saturated rings. The maximum absolute atomic E-state index is 12.2. The van der Waals surface area contributed by atoms with Crippen molar-refractivity contribution in [1.29, 1.82) is 0 Å². The van der Waals surface area contributed by atoms with Crippen LogP contribution in [0.5, 0.6) is 0 Å². The summed E-state index contributed by atoms with van der Waals surface area (Å²) in [6.45, 7) is 0.114. The molecule has 24 heavy (non-hydrogen) atoms. The molecule has 0 saturated carbocycles. The Balaban J connectivity index is 1.75. The van der Waals surface area contributed by atoms with Crippen molar-refractivity contribution >= 4 is 34.5 Å². The summed E-state index contributed by atoms with van der Waals surface area (Å²) < 4.78 is 5.85. The Morgan fingerprint density at radius 3 is 2.12 bits per heavy atom. The Hall–Kier alpha value is -1.89. The molecular weight excluding hydrogens is 417 g/mol. The molecule has 0 unspecified atom stereocenters. The van der Waals surface area contributed by atoms with E-state index in [9.17, 15) is 9.59 Å². The molecule has 0 heterocycles. The van der Waals surface area contributed by atoms with Crippen molar-refractivity contribution in [2.75, 3.05) is 11.0 Å². The zero-order valence-corrected chi connectivity index (χ0v) is 15.4. The molecule has 2 aromatic rings. The van der Waals surface area contributed by atoms with Crippen LogP contribution in [0.15, 0.2) is 60.7 Å². The Morgan fingerprint density at radius 2 is 1.54 bits per heavy atom. The number of amides is 1. The van der Waals surface area contributed by atoms with Crippen LogP contribution in [0, 0.1) is 5.92 Å². The van der Waals surface area contributed by atoms with Gasteiger partial charge in [0.05, 0.1) is 5.92 Å². The van der Waals surface area contributed by atoms with Gasteiger partial charge in [-0.25, -0.2) is 0 Å². The van der Waals surface area contributed by atoms with E-state index >= 15 is 0 Å². The maximum Gasteiger partial charge on any atom is 0.325 e. The van der Waals surface area contributed by atoms with E-state index in [1.807, 2.05) is 60.7 Å². The molecule has 2 aromatic carbocycles. The Labute approximate surface area is 155 Å². The lowest BCUT2D eigenvalue weighted by Crippen LogP contribution is -2.36. The van der Waals surface area contributed by atoms with Crippen LogP contribution in [-0.4, -0.2) is 22.8 Å². The van der Waals surface area contributed by atoms with E-state index in [1.54, 1.807) is 0 Å². The Bertz CT molecular complexity index is 646. The smallest absolute Gasteiger partial charge is 0.325 e. The lowest BCUT2D eigenvalue weighted by atomic mass is 10.0. The summed E-state index contributed by atoms with van der Waals surface area (Å²) in [4.78, 5) is 24.0. The van der Waals surface area contributed by atoms with Gasteiger partial charge >= 0.3 is 5.97 Å². The van der Waals surface area contributed by atoms with E-state index < -0.39 is 5.97 Å². The minimum Gasteiger partial charge on any atom is -0.460 e. The molecule has 4 nitrogen and oxygen atoms in total. The van der Waals surface area contributed by atoms with Gasteiger partial charge < -0.3 is 10.1 Å². The second-order valence-corrected chi connectivity index (χ2v) is 6.29. The molecule has 0 aliphatic carbocycles. The number of alkyl halides is 1. The highest BCUT2D eigenvalue weighted by molar-refractivity contribution is 14.1. The average Bonchev–Trinajstić information content (AvgIpc) is 2.64. The number of hydrogen-bond donors (Lipinski definition) is 1. The van der Waals surface area contributed by atoms with Gasteiger partial charge in [0.25, 0.3) is 0 Å². The summed E-state index contributed by atoms with van der Waals surface area (Å²) in [5.41, 5.74) is 2.03. The first-order chi connectivity index (χ1) is 11.7. The number of carbonyl (C=O) groups excluding carboxylic acids is 2. The number of halogens is 1. The molecule has 0 bridgehead atoms. The zero-order chi connectivity index (χ0) is 17.2. The third-order valence-electron chi connectivity index (χ3n) is 3.53. The monoisotopic (exact) mass is 437 g/mol. The minimum atomic E-state index is -0.431. The molecule has 2 rings (SSSR count). The van der Waals surface area contributed by atoms with Gasteiger partial charge in [-0.2, -0.15) is 0 Å². The lowest BCUT2D eigenvalue weighted by Gasteiger charge is -2.14. The standard InChI is InChI=1S/C19H20INO3/c20-12-17(11-15-7-3-1-4-8-15)19(23)21-13-18(22)24-14-16-9-5-2-6-10-16/h1-10,17H,11-14H2,(H,21,23)/t17-/m1/s1. The Kier molecular flexibility index (Phi) is 7.74. The molecule has 1 N–H and O–H groups in total. The predicted molar refractivity (Wildman–Crippen MR) is 102 cm³/mol. The SMILES string of the molecule is O=C(CNC(=O)[C@@H](CI)Cc1ccccc1)OCc1ccccc1. The number of carbonyl (C=O) groups is 2. The molecule has 0 aromatic heterocycles. The number of hydrogen-bond acceptors (Lipinski definition) is 3. The van der Waals surface area contributed by atoms with Crippen molar-refractivity contribution in [3.05, 3.63) is 71.8 Å². The zero-order valence-electron chi connectivity index (χ0n) is 13.3. The molecule has 0 spiro atoms. The van der Waals surface area contributed by atoms with Crippen LogP contribution in [0.3, 0.4) is 0 Å². The Morgan fingerprint density at radius 1 is 0.958 bits per heavy atom. The summed E-state index contributed by atoms with van der Waals surface area (Å²) in [6.07, 6.45) is 0.661. The van der Waals surface area contributed by atoms with E-state index in [2.05, 4.69) is 27.9 Å². The highest BCUT2D eigenvalue weighted by Gasteiger charge is 2.18. The summed E-state index contributed by atoms with van der Waals surface area (Å²) in [5.74, 6) is -0.709. The van der Waals surface area contributed by atoms with Crippen molar-refractivity contribution in [3.8, 4) is 0 Å². The molecule has 5 heteroatoms. The van der Waals surface area contributed by atoms with Gasteiger partial charge in [-0.3, -0.25) is 9.59 Å². The van der Waals surface area contributed by atoms with Crippen LogP contribution in [0.25, 0.3) is 0 Å². The van der Waals surface area contributed by atoms with Crippen LogP contribution in [-0.2, 0) is 27.4 Å². The van der Waals surface area contributed by atoms with Gasteiger partial charge in [-0.15, -0.1) is 0 Å². The van der Waals surface area contributed by atoms with Gasteiger partial charge in [0, 0.05) is 4.43 Å². The number of rotatable bonds is 8.